The number of carbonyl (C=O) groups excluding carboxylic acids is 1. The first-order valence-corrected chi connectivity index (χ1v) is 12.0. The van der Waals surface area contributed by atoms with Crippen molar-refractivity contribution >= 4 is 35.0 Å². The highest BCUT2D eigenvalue weighted by Gasteiger charge is 2.22. The number of carbonyl (C=O) groups is 1. The largest absolute Gasteiger partial charge is 0.411 e. The van der Waals surface area contributed by atoms with Crippen LogP contribution in [-0.4, -0.2) is 52.9 Å². The molecule has 0 bridgehead atoms. The predicted octanol–water partition coefficient (Wildman–Crippen LogP) is 5.13. The normalized spacial score (nSPS) is 14.6. The minimum absolute atomic E-state index is 0.0787. The summed E-state index contributed by atoms with van der Waals surface area (Å²) in [6.45, 7) is 9.47. The summed E-state index contributed by atoms with van der Waals surface area (Å²) in [5.74, 6) is 0.826. The number of aromatic nitrogens is 2. The van der Waals surface area contributed by atoms with Gasteiger partial charge in [0.1, 0.15) is 0 Å². The van der Waals surface area contributed by atoms with Crippen LogP contribution in [0.3, 0.4) is 0 Å². The topological polar surface area (TPSA) is 62.5 Å². The van der Waals surface area contributed by atoms with Gasteiger partial charge in [0.05, 0.1) is 5.75 Å². The highest BCUT2D eigenvalue weighted by atomic mass is 35.5. The van der Waals surface area contributed by atoms with Crippen molar-refractivity contribution in [2.75, 3.05) is 36.8 Å². The Morgan fingerprint density at radius 3 is 2.44 bits per heavy atom. The summed E-state index contributed by atoms with van der Waals surface area (Å²) in [5, 5.41) is 9.37. The molecule has 1 aromatic heterocycles. The zero-order valence-electron chi connectivity index (χ0n) is 18.5. The lowest BCUT2D eigenvalue weighted by Gasteiger charge is -2.36. The molecule has 4 rings (SSSR count). The minimum atomic E-state index is 0.0787. The third-order valence-electron chi connectivity index (χ3n) is 5.53. The maximum absolute atomic E-state index is 12.7. The van der Waals surface area contributed by atoms with Gasteiger partial charge in [-0.05, 0) is 41.3 Å². The average molecular weight is 471 g/mol. The van der Waals surface area contributed by atoms with Crippen molar-refractivity contribution in [3.8, 4) is 11.5 Å². The van der Waals surface area contributed by atoms with Crippen LogP contribution in [0.15, 0.2) is 58.2 Å². The number of nitrogens with zero attached hydrogens (tertiary/aromatic N) is 4. The summed E-state index contributed by atoms with van der Waals surface area (Å²) < 4.78 is 5.77. The smallest absolute Gasteiger partial charge is 0.277 e. The molecule has 0 spiro atoms. The number of piperazine rings is 1. The Hall–Kier alpha value is -2.51. The number of thioether (sulfide) groups is 1. The van der Waals surface area contributed by atoms with Crippen LogP contribution in [0.5, 0.6) is 0 Å². The molecule has 1 amide bonds. The summed E-state index contributed by atoms with van der Waals surface area (Å²) in [6, 6.07) is 16.0. The zero-order valence-corrected chi connectivity index (χ0v) is 20.1. The maximum atomic E-state index is 12.7. The Balaban J connectivity index is 1.28. The van der Waals surface area contributed by atoms with Crippen LogP contribution in [0.1, 0.15) is 26.3 Å². The van der Waals surface area contributed by atoms with E-state index in [1.807, 2.05) is 41.3 Å². The monoisotopic (exact) mass is 470 g/mol. The van der Waals surface area contributed by atoms with Crippen LogP contribution in [0, 0.1) is 0 Å². The molecule has 0 radical (unpaired) electrons. The van der Waals surface area contributed by atoms with Gasteiger partial charge in [-0.1, -0.05) is 62.3 Å². The van der Waals surface area contributed by atoms with Gasteiger partial charge in [-0.2, -0.15) is 0 Å². The second-order valence-corrected chi connectivity index (χ2v) is 10.2. The van der Waals surface area contributed by atoms with E-state index in [1.54, 1.807) is 0 Å². The van der Waals surface area contributed by atoms with Crippen molar-refractivity contribution in [1.29, 1.82) is 0 Å². The van der Waals surface area contributed by atoms with E-state index in [9.17, 15) is 4.79 Å². The lowest BCUT2D eigenvalue weighted by atomic mass is 9.87. The third kappa shape index (κ3) is 5.45. The van der Waals surface area contributed by atoms with Gasteiger partial charge in [-0.3, -0.25) is 4.79 Å². The van der Waals surface area contributed by atoms with Crippen LogP contribution in [0.2, 0.25) is 5.02 Å². The second-order valence-electron chi connectivity index (χ2n) is 8.84. The van der Waals surface area contributed by atoms with Gasteiger partial charge in [0.25, 0.3) is 5.22 Å². The number of halogens is 1. The van der Waals surface area contributed by atoms with Crippen LogP contribution in [0.4, 0.5) is 5.69 Å². The van der Waals surface area contributed by atoms with E-state index in [2.05, 4.69) is 48.0 Å². The number of amides is 1. The van der Waals surface area contributed by atoms with Gasteiger partial charge in [0.2, 0.25) is 11.8 Å². The molecule has 1 fully saturated rings. The van der Waals surface area contributed by atoms with Gasteiger partial charge in [0, 0.05) is 42.5 Å². The molecule has 32 heavy (non-hydrogen) atoms. The first-order chi connectivity index (χ1) is 15.3. The number of anilines is 1. The standard InChI is InChI=1S/C24H27ClN4O2S/c1-24(2,3)18-9-7-17(8-10-18)22-26-27-23(31-22)32-16-21(30)29-13-11-28(12-14-29)20-6-4-5-19(25)15-20/h4-10,15H,11-14,16H2,1-3H3. The average Bonchev–Trinajstić information content (AvgIpc) is 3.26. The van der Waals surface area contributed by atoms with Gasteiger partial charge in [0.15, 0.2) is 0 Å². The van der Waals surface area contributed by atoms with Crippen molar-refractivity contribution < 1.29 is 9.21 Å². The Morgan fingerprint density at radius 2 is 1.78 bits per heavy atom. The van der Waals surface area contributed by atoms with E-state index in [1.165, 1.54) is 17.3 Å². The Bertz CT molecular complexity index is 1070. The number of hydrogen-bond acceptors (Lipinski definition) is 6. The fourth-order valence-corrected chi connectivity index (χ4v) is 4.45. The minimum Gasteiger partial charge on any atom is -0.411 e. The van der Waals surface area contributed by atoms with E-state index >= 15 is 0 Å². The molecule has 1 aliphatic rings. The van der Waals surface area contributed by atoms with Gasteiger partial charge >= 0.3 is 0 Å². The third-order valence-corrected chi connectivity index (χ3v) is 6.57. The highest BCUT2D eigenvalue weighted by molar-refractivity contribution is 7.99. The van der Waals surface area contributed by atoms with Crippen molar-refractivity contribution in [3.63, 3.8) is 0 Å². The molecule has 3 aromatic rings. The molecule has 8 heteroatoms. The maximum Gasteiger partial charge on any atom is 0.277 e. The molecule has 2 aromatic carbocycles. The summed E-state index contributed by atoms with van der Waals surface area (Å²) >= 11 is 7.38. The van der Waals surface area contributed by atoms with E-state index in [0.29, 0.717) is 24.2 Å². The van der Waals surface area contributed by atoms with Crippen molar-refractivity contribution in [3.05, 3.63) is 59.1 Å². The number of rotatable bonds is 5. The van der Waals surface area contributed by atoms with E-state index in [0.717, 1.165) is 29.4 Å². The lowest BCUT2D eigenvalue weighted by molar-refractivity contribution is -0.128. The van der Waals surface area contributed by atoms with Crippen molar-refractivity contribution in [2.24, 2.45) is 0 Å². The van der Waals surface area contributed by atoms with Crippen molar-refractivity contribution in [1.82, 2.24) is 15.1 Å². The molecule has 0 N–H and O–H groups in total. The summed E-state index contributed by atoms with van der Waals surface area (Å²) in [4.78, 5) is 16.8. The van der Waals surface area contributed by atoms with Gasteiger partial charge in [-0.25, -0.2) is 0 Å². The fourth-order valence-electron chi connectivity index (χ4n) is 3.60. The summed E-state index contributed by atoms with van der Waals surface area (Å²) in [7, 11) is 0. The number of benzene rings is 2. The van der Waals surface area contributed by atoms with Crippen LogP contribution >= 0.6 is 23.4 Å². The fraction of sp³-hybridized carbons (Fsp3) is 0.375. The summed E-state index contributed by atoms with van der Waals surface area (Å²) in [5.41, 5.74) is 3.30. The lowest BCUT2D eigenvalue weighted by Crippen LogP contribution is -2.49. The Kier molecular flexibility index (Phi) is 6.76. The van der Waals surface area contributed by atoms with Crippen LogP contribution < -0.4 is 4.90 Å². The van der Waals surface area contributed by atoms with E-state index in [4.69, 9.17) is 16.0 Å². The Labute approximate surface area is 197 Å². The van der Waals surface area contributed by atoms with E-state index < -0.39 is 0 Å². The molecule has 2 heterocycles. The molecule has 0 saturated carbocycles. The van der Waals surface area contributed by atoms with Crippen LogP contribution in [0.25, 0.3) is 11.5 Å². The molecular formula is C24H27ClN4O2S. The second kappa shape index (κ2) is 9.55. The van der Waals surface area contributed by atoms with Gasteiger partial charge in [-0.15, -0.1) is 10.2 Å². The predicted molar refractivity (Wildman–Crippen MR) is 129 cm³/mol. The molecule has 168 valence electrons. The van der Waals surface area contributed by atoms with Crippen LogP contribution in [-0.2, 0) is 10.2 Å². The molecular weight excluding hydrogens is 444 g/mol. The van der Waals surface area contributed by atoms with Crippen molar-refractivity contribution in [2.45, 2.75) is 31.4 Å². The highest BCUT2D eigenvalue weighted by Crippen LogP contribution is 2.27. The molecule has 6 nitrogen and oxygen atoms in total. The molecule has 0 atom stereocenters. The zero-order chi connectivity index (χ0) is 22.7. The number of hydrogen-bond donors (Lipinski definition) is 0. The first-order valence-electron chi connectivity index (χ1n) is 10.6. The SMILES string of the molecule is CC(C)(C)c1ccc(-c2nnc(SCC(=O)N3CCN(c4cccc(Cl)c4)CC3)o2)cc1. The van der Waals surface area contributed by atoms with E-state index in [-0.39, 0.29) is 17.1 Å². The Morgan fingerprint density at radius 1 is 1.06 bits per heavy atom. The summed E-state index contributed by atoms with van der Waals surface area (Å²) in [6.07, 6.45) is 0. The molecule has 1 aliphatic heterocycles. The first kappa shape index (κ1) is 22.7. The molecule has 0 unspecified atom stereocenters. The molecule has 1 saturated heterocycles. The molecule has 0 aliphatic carbocycles. The van der Waals surface area contributed by atoms with Gasteiger partial charge < -0.3 is 14.2 Å². The quantitative estimate of drug-likeness (QED) is 0.482.